The van der Waals surface area contributed by atoms with Crippen LogP contribution in [0.25, 0.3) is 0 Å². The third kappa shape index (κ3) is 3.99. The molecular formula is C16H24ClNO2S. The summed E-state index contributed by atoms with van der Waals surface area (Å²) in [6, 6.07) is 7.50. The first-order valence-corrected chi connectivity index (χ1v) is 9.73. The molecule has 2 rings (SSSR count). The standard InChI is InChI=1S/C16H24ClNO2S/c1-2-5-14-8-10-16(11-9-14)21(19,20)18(13-4-12-17)15-6-3-7-15/h8-11,15H,2-7,12-13H2,1H3. The van der Waals surface area contributed by atoms with Gasteiger partial charge in [-0.3, -0.25) is 0 Å². The first-order valence-electron chi connectivity index (χ1n) is 7.76. The maximum atomic E-state index is 12.8. The molecule has 5 heteroatoms. The SMILES string of the molecule is CCCc1ccc(S(=O)(=O)N(CCCCl)C2CCC2)cc1. The van der Waals surface area contributed by atoms with Crippen molar-refractivity contribution in [2.45, 2.75) is 56.4 Å². The molecule has 1 aromatic rings. The van der Waals surface area contributed by atoms with Crippen LogP contribution in [0.3, 0.4) is 0 Å². The van der Waals surface area contributed by atoms with E-state index in [1.807, 2.05) is 12.1 Å². The van der Waals surface area contributed by atoms with E-state index >= 15 is 0 Å². The van der Waals surface area contributed by atoms with Crippen molar-refractivity contribution in [3.05, 3.63) is 29.8 Å². The third-order valence-corrected chi connectivity index (χ3v) is 6.30. The summed E-state index contributed by atoms with van der Waals surface area (Å²) in [4.78, 5) is 0.406. The zero-order valence-electron chi connectivity index (χ0n) is 12.6. The predicted molar refractivity (Wildman–Crippen MR) is 87.3 cm³/mol. The van der Waals surface area contributed by atoms with Crippen LogP contribution in [-0.2, 0) is 16.4 Å². The van der Waals surface area contributed by atoms with Gasteiger partial charge in [0, 0.05) is 18.5 Å². The highest BCUT2D eigenvalue weighted by atomic mass is 35.5. The molecule has 1 aliphatic rings. The van der Waals surface area contributed by atoms with Crippen LogP contribution in [-0.4, -0.2) is 31.2 Å². The van der Waals surface area contributed by atoms with Gasteiger partial charge in [-0.25, -0.2) is 8.42 Å². The zero-order valence-corrected chi connectivity index (χ0v) is 14.2. The molecule has 21 heavy (non-hydrogen) atoms. The summed E-state index contributed by atoms with van der Waals surface area (Å²) in [5.74, 6) is 0.494. The second kappa shape index (κ2) is 7.61. The number of sulfonamides is 1. The van der Waals surface area contributed by atoms with E-state index in [-0.39, 0.29) is 6.04 Å². The fourth-order valence-corrected chi connectivity index (χ4v) is 4.48. The van der Waals surface area contributed by atoms with Crippen molar-refractivity contribution in [2.75, 3.05) is 12.4 Å². The molecule has 0 saturated heterocycles. The summed E-state index contributed by atoms with van der Waals surface area (Å²) in [5.41, 5.74) is 1.19. The smallest absolute Gasteiger partial charge is 0.207 e. The zero-order chi connectivity index (χ0) is 15.3. The van der Waals surface area contributed by atoms with Gasteiger partial charge in [0.1, 0.15) is 0 Å². The lowest BCUT2D eigenvalue weighted by atomic mass is 9.93. The summed E-state index contributed by atoms with van der Waals surface area (Å²) >= 11 is 5.74. The Morgan fingerprint density at radius 3 is 2.38 bits per heavy atom. The molecule has 0 amide bonds. The molecular weight excluding hydrogens is 306 g/mol. The monoisotopic (exact) mass is 329 g/mol. The van der Waals surface area contributed by atoms with Crippen molar-refractivity contribution >= 4 is 21.6 Å². The summed E-state index contributed by atoms with van der Waals surface area (Å²) in [5, 5.41) is 0. The van der Waals surface area contributed by atoms with Crippen LogP contribution >= 0.6 is 11.6 Å². The van der Waals surface area contributed by atoms with Crippen molar-refractivity contribution in [3.63, 3.8) is 0 Å². The second-order valence-corrected chi connectivity index (χ2v) is 7.91. The van der Waals surface area contributed by atoms with E-state index in [9.17, 15) is 8.42 Å². The molecule has 118 valence electrons. The third-order valence-electron chi connectivity index (χ3n) is 4.06. The first-order chi connectivity index (χ1) is 10.1. The number of nitrogens with zero attached hydrogens (tertiary/aromatic N) is 1. The molecule has 1 aromatic carbocycles. The van der Waals surface area contributed by atoms with Crippen molar-refractivity contribution in [3.8, 4) is 0 Å². The Labute approximate surface area is 133 Å². The predicted octanol–water partition coefficient (Wildman–Crippen LogP) is 3.81. The molecule has 0 N–H and O–H groups in total. The van der Waals surface area contributed by atoms with Gasteiger partial charge in [0.05, 0.1) is 4.90 Å². The van der Waals surface area contributed by atoms with E-state index in [1.165, 1.54) is 5.56 Å². The van der Waals surface area contributed by atoms with E-state index < -0.39 is 10.0 Å². The van der Waals surface area contributed by atoms with Crippen LogP contribution in [0, 0.1) is 0 Å². The van der Waals surface area contributed by atoms with Gasteiger partial charge in [0.15, 0.2) is 0 Å². The molecule has 3 nitrogen and oxygen atoms in total. The molecule has 1 saturated carbocycles. The van der Waals surface area contributed by atoms with Crippen LogP contribution < -0.4 is 0 Å². The minimum absolute atomic E-state index is 0.161. The summed E-state index contributed by atoms with van der Waals surface area (Å²) < 4.78 is 27.3. The van der Waals surface area contributed by atoms with Gasteiger partial charge >= 0.3 is 0 Å². The Balaban J connectivity index is 2.20. The number of hydrogen-bond acceptors (Lipinski definition) is 2. The molecule has 0 unspecified atom stereocenters. The second-order valence-electron chi connectivity index (χ2n) is 5.64. The summed E-state index contributed by atoms with van der Waals surface area (Å²) in [6.07, 6.45) is 5.80. The van der Waals surface area contributed by atoms with Gasteiger partial charge < -0.3 is 0 Å². The fourth-order valence-electron chi connectivity index (χ4n) is 2.64. The Bertz CT molecular complexity index is 538. The van der Waals surface area contributed by atoms with E-state index in [1.54, 1.807) is 16.4 Å². The molecule has 0 aromatic heterocycles. The Hall–Kier alpha value is -0.580. The lowest BCUT2D eigenvalue weighted by Gasteiger charge is -2.36. The Morgan fingerprint density at radius 1 is 1.24 bits per heavy atom. The van der Waals surface area contributed by atoms with Gasteiger partial charge in [-0.1, -0.05) is 31.9 Å². The topological polar surface area (TPSA) is 37.4 Å². The summed E-state index contributed by atoms with van der Waals surface area (Å²) in [6.45, 7) is 2.64. The number of alkyl halides is 1. The number of hydrogen-bond donors (Lipinski definition) is 0. The van der Waals surface area contributed by atoms with Gasteiger partial charge in [0.2, 0.25) is 10.0 Å². The average Bonchev–Trinajstić information content (AvgIpc) is 2.42. The van der Waals surface area contributed by atoms with E-state index in [2.05, 4.69) is 6.92 Å². The minimum Gasteiger partial charge on any atom is -0.207 e. The van der Waals surface area contributed by atoms with E-state index in [0.29, 0.717) is 23.7 Å². The van der Waals surface area contributed by atoms with E-state index in [4.69, 9.17) is 11.6 Å². The number of benzene rings is 1. The molecule has 1 fully saturated rings. The maximum Gasteiger partial charge on any atom is 0.243 e. The van der Waals surface area contributed by atoms with Crippen molar-refractivity contribution in [1.29, 1.82) is 0 Å². The quantitative estimate of drug-likeness (QED) is 0.680. The van der Waals surface area contributed by atoms with Crippen molar-refractivity contribution in [2.24, 2.45) is 0 Å². The molecule has 0 heterocycles. The van der Waals surface area contributed by atoms with Crippen LogP contribution in [0.2, 0.25) is 0 Å². The Morgan fingerprint density at radius 2 is 1.90 bits per heavy atom. The minimum atomic E-state index is -3.39. The molecule has 1 aliphatic carbocycles. The van der Waals surface area contributed by atoms with Gasteiger partial charge in [-0.05, 0) is 43.4 Å². The highest BCUT2D eigenvalue weighted by molar-refractivity contribution is 7.89. The number of rotatable bonds is 8. The van der Waals surface area contributed by atoms with Crippen LogP contribution in [0.5, 0.6) is 0 Å². The largest absolute Gasteiger partial charge is 0.243 e. The Kier molecular flexibility index (Phi) is 6.08. The van der Waals surface area contributed by atoms with Crippen LogP contribution in [0.4, 0.5) is 0 Å². The molecule has 0 atom stereocenters. The van der Waals surface area contributed by atoms with Gasteiger partial charge in [-0.2, -0.15) is 4.31 Å². The van der Waals surface area contributed by atoms with Gasteiger partial charge in [-0.15, -0.1) is 11.6 Å². The van der Waals surface area contributed by atoms with E-state index in [0.717, 1.165) is 32.1 Å². The highest BCUT2D eigenvalue weighted by Gasteiger charge is 2.34. The van der Waals surface area contributed by atoms with Gasteiger partial charge in [0.25, 0.3) is 0 Å². The molecule has 0 spiro atoms. The van der Waals surface area contributed by atoms with Crippen molar-refractivity contribution < 1.29 is 8.42 Å². The average molecular weight is 330 g/mol. The normalized spacial score (nSPS) is 16.1. The highest BCUT2D eigenvalue weighted by Crippen LogP contribution is 2.30. The maximum absolute atomic E-state index is 12.8. The lowest BCUT2D eigenvalue weighted by molar-refractivity contribution is 0.220. The molecule has 0 radical (unpaired) electrons. The lowest BCUT2D eigenvalue weighted by Crippen LogP contribution is -2.44. The molecule has 0 aliphatic heterocycles. The first kappa shape index (κ1) is 16.8. The number of aryl methyl sites for hydroxylation is 1. The number of halogens is 1. The fraction of sp³-hybridized carbons (Fsp3) is 0.625. The van der Waals surface area contributed by atoms with Crippen LogP contribution in [0.15, 0.2) is 29.2 Å². The van der Waals surface area contributed by atoms with Crippen LogP contribution in [0.1, 0.15) is 44.6 Å². The molecule has 0 bridgehead atoms. The summed E-state index contributed by atoms with van der Waals surface area (Å²) in [7, 11) is -3.39. The van der Waals surface area contributed by atoms with Crippen molar-refractivity contribution in [1.82, 2.24) is 4.31 Å².